The zero-order valence-corrected chi connectivity index (χ0v) is 8.55. The average molecular weight is 197 g/mol. The van der Waals surface area contributed by atoms with Crippen molar-refractivity contribution < 1.29 is 9.50 Å². The van der Waals surface area contributed by atoms with Crippen LogP contribution in [0.4, 0.5) is 4.39 Å². The van der Waals surface area contributed by atoms with Crippen molar-refractivity contribution in [2.75, 3.05) is 13.2 Å². The summed E-state index contributed by atoms with van der Waals surface area (Å²) in [5.41, 5.74) is 5.93. The van der Waals surface area contributed by atoms with Crippen LogP contribution in [0.3, 0.4) is 0 Å². The van der Waals surface area contributed by atoms with E-state index in [1.165, 1.54) is 0 Å². The second-order valence-electron chi connectivity index (χ2n) is 3.86. The molecule has 0 aliphatic heterocycles. The lowest BCUT2D eigenvalue weighted by Gasteiger charge is -2.26. The Bertz CT molecular complexity index is 321. The lowest BCUT2D eigenvalue weighted by Crippen LogP contribution is -2.36. The molecule has 0 amide bonds. The molecule has 1 unspecified atom stereocenters. The molecule has 0 radical (unpaired) electrons. The molecule has 1 atom stereocenters. The first-order valence-electron chi connectivity index (χ1n) is 4.61. The molecule has 0 aromatic heterocycles. The lowest BCUT2D eigenvalue weighted by atomic mass is 9.82. The van der Waals surface area contributed by atoms with E-state index in [9.17, 15) is 9.50 Å². The third-order valence-corrected chi connectivity index (χ3v) is 2.64. The molecular weight excluding hydrogens is 181 g/mol. The van der Waals surface area contributed by atoms with Crippen molar-refractivity contribution in [1.29, 1.82) is 0 Å². The molecule has 3 N–H and O–H groups in total. The van der Waals surface area contributed by atoms with Gasteiger partial charge in [-0.05, 0) is 18.1 Å². The summed E-state index contributed by atoms with van der Waals surface area (Å²) in [6, 6.07) is 5.15. The maximum absolute atomic E-state index is 13.7. The number of hydrogen-bond acceptors (Lipinski definition) is 2. The van der Waals surface area contributed by atoms with E-state index in [1.807, 2.05) is 0 Å². The van der Waals surface area contributed by atoms with E-state index in [0.29, 0.717) is 11.1 Å². The molecule has 0 saturated heterocycles. The molecule has 3 heteroatoms. The van der Waals surface area contributed by atoms with Gasteiger partial charge in [-0.3, -0.25) is 0 Å². The molecule has 0 saturated carbocycles. The molecule has 0 fully saturated rings. The normalized spacial score (nSPS) is 15.2. The monoisotopic (exact) mass is 197 g/mol. The second kappa shape index (κ2) is 4.07. The molecule has 1 rings (SSSR count). The number of benzene rings is 1. The summed E-state index contributed by atoms with van der Waals surface area (Å²) in [6.45, 7) is 3.53. The highest BCUT2D eigenvalue weighted by Crippen LogP contribution is 2.26. The summed E-state index contributed by atoms with van der Waals surface area (Å²) in [5.74, 6) is -0.269. The van der Waals surface area contributed by atoms with Gasteiger partial charge in [-0.2, -0.15) is 0 Å². The van der Waals surface area contributed by atoms with Crippen LogP contribution in [0.15, 0.2) is 18.2 Å². The highest BCUT2D eigenvalue weighted by molar-refractivity contribution is 5.31. The predicted molar refractivity (Wildman–Crippen MR) is 54.6 cm³/mol. The molecule has 2 nitrogen and oxygen atoms in total. The summed E-state index contributed by atoms with van der Waals surface area (Å²) >= 11 is 0. The van der Waals surface area contributed by atoms with Crippen LogP contribution in [0.2, 0.25) is 0 Å². The Balaban J connectivity index is 3.24. The topological polar surface area (TPSA) is 46.2 Å². The zero-order chi connectivity index (χ0) is 10.8. The van der Waals surface area contributed by atoms with Gasteiger partial charge in [0.25, 0.3) is 0 Å². The Hall–Kier alpha value is -0.930. The summed E-state index contributed by atoms with van der Waals surface area (Å²) in [7, 11) is 0. The minimum absolute atomic E-state index is 0.149. The van der Waals surface area contributed by atoms with Crippen LogP contribution < -0.4 is 5.73 Å². The van der Waals surface area contributed by atoms with Gasteiger partial charge in [0.15, 0.2) is 0 Å². The van der Waals surface area contributed by atoms with Crippen LogP contribution >= 0.6 is 0 Å². The standard InChI is InChI=1S/C11H16FNO/c1-8-4-3-5-9(10(8)12)11(2,6-13)7-14/h3-5,14H,6-7,13H2,1-2H3. The maximum atomic E-state index is 13.7. The number of aryl methyl sites for hydroxylation is 1. The predicted octanol–water partition coefficient (Wildman–Crippen LogP) is 1.34. The van der Waals surface area contributed by atoms with Crippen molar-refractivity contribution in [3.8, 4) is 0 Å². The fourth-order valence-electron chi connectivity index (χ4n) is 1.37. The van der Waals surface area contributed by atoms with Crippen LogP contribution in [0.25, 0.3) is 0 Å². The van der Waals surface area contributed by atoms with E-state index in [2.05, 4.69) is 0 Å². The Morgan fingerprint density at radius 2 is 2.14 bits per heavy atom. The highest BCUT2D eigenvalue weighted by Gasteiger charge is 2.27. The van der Waals surface area contributed by atoms with Crippen LogP contribution in [-0.4, -0.2) is 18.3 Å². The van der Waals surface area contributed by atoms with E-state index in [4.69, 9.17) is 5.73 Å². The van der Waals surface area contributed by atoms with E-state index in [0.717, 1.165) is 0 Å². The van der Waals surface area contributed by atoms with Gasteiger partial charge in [-0.1, -0.05) is 25.1 Å². The number of hydrogen-bond donors (Lipinski definition) is 2. The van der Waals surface area contributed by atoms with E-state index in [1.54, 1.807) is 32.0 Å². The molecule has 0 aliphatic rings. The Kier molecular flexibility index (Phi) is 3.24. The van der Waals surface area contributed by atoms with Crippen molar-refractivity contribution >= 4 is 0 Å². The van der Waals surface area contributed by atoms with Crippen molar-refractivity contribution in [3.05, 3.63) is 35.1 Å². The first-order valence-corrected chi connectivity index (χ1v) is 4.61. The fourth-order valence-corrected chi connectivity index (χ4v) is 1.37. The van der Waals surface area contributed by atoms with Gasteiger partial charge in [0.05, 0.1) is 6.61 Å². The number of aliphatic hydroxyl groups excluding tert-OH is 1. The van der Waals surface area contributed by atoms with Gasteiger partial charge in [-0.15, -0.1) is 0 Å². The van der Waals surface area contributed by atoms with E-state index >= 15 is 0 Å². The molecule has 0 bridgehead atoms. The van der Waals surface area contributed by atoms with Crippen LogP contribution in [0.5, 0.6) is 0 Å². The molecular formula is C11H16FNO. The molecule has 1 aromatic carbocycles. The number of rotatable bonds is 3. The highest BCUT2D eigenvalue weighted by atomic mass is 19.1. The third-order valence-electron chi connectivity index (χ3n) is 2.64. The SMILES string of the molecule is Cc1cccc(C(C)(CN)CO)c1F. The smallest absolute Gasteiger partial charge is 0.129 e. The molecule has 0 spiro atoms. The van der Waals surface area contributed by atoms with Crippen molar-refractivity contribution in [2.24, 2.45) is 5.73 Å². The summed E-state index contributed by atoms with van der Waals surface area (Å²) in [4.78, 5) is 0. The van der Waals surface area contributed by atoms with Crippen LogP contribution in [-0.2, 0) is 5.41 Å². The largest absolute Gasteiger partial charge is 0.395 e. The summed E-state index contributed by atoms with van der Waals surface area (Å²) < 4.78 is 13.7. The van der Waals surface area contributed by atoms with Gasteiger partial charge in [0.2, 0.25) is 0 Å². The summed E-state index contributed by atoms with van der Waals surface area (Å²) in [5, 5.41) is 9.21. The molecule has 14 heavy (non-hydrogen) atoms. The molecule has 1 aromatic rings. The second-order valence-corrected chi connectivity index (χ2v) is 3.86. The van der Waals surface area contributed by atoms with Crippen LogP contribution in [0.1, 0.15) is 18.1 Å². The van der Waals surface area contributed by atoms with Gasteiger partial charge in [0, 0.05) is 12.0 Å². The van der Waals surface area contributed by atoms with Crippen molar-refractivity contribution in [1.82, 2.24) is 0 Å². The zero-order valence-electron chi connectivity index (χ0n) is 8.55. The lowest BCUT2D eigenvalue weighted by molar-refractivity contribution is 0.206. The Morgan fingerprint density at radius 1 is 1.50 bits per heavy atom. The van der Waals surface area contributed by atoms with Gasteiger partial charge < -0.3 is 10.8 Å². The minimum atomic E-state index is -0.684. The average Bonchev–Trinajstić information content (AvgIpc) is 2.21. The summed E-state index contributed by atoms with van der Waals surface area (Å²) in [6.07, 6.45) is 0. The van der Waals surface area contributed by atoms with Gasteiger partial charge >= 0.3 is 0 Å². The Labute approximate surface area is 83.6 Å². The fraction of sp³-hybridized carbons (Fsp3) is 0.455. The maximum Gasteiger partial charge on any atom is 0.129 e. The van der Waals surface area contributed by atoms with Gasteiger partial charge in [0.1, 0.15) is 5.82 Å². The number of aliphatic hydroxyl groups is 1. The number of halogens is 1. The van der Waals surface area contributed by atoms with E-state index in [-0.39, 0.29) is 19.0 Å². The first-order chi connectivity index (χ1) is 6.55. The minimum Gasteiger partial charge on any atom is -0.395 e. The third kappa shape index (κ3) is 1.79. The molecule has 78 valence electrons. The van der Waals surface area contributed by atoms with Crippen molar-refractivity contribution in [2.45, 2.75) is 19.3 Å². The molecule has 0 heterocycles. The first kappa shape index (κ1) is 11.1. The van der Waals surface area contributed by atoms with E-state index < -0.39 is 5.41 Å². The van der Waals surface area contributed by atoms with Gasteiger partial charge in [-0.25, -0.2) is 4.39 Å². The quantitative estimate of drug-likeness (QED) is 0.768. The number of nitrogens with two attached hydrogens (primary N) is 1. The molecule has 0 aliphatic carbocycles. The van der Waals surface area contributed by atoms with Crippen molar-refractivity contribution in [3.63, 3.8) is 0 Å². The Morgan fingerprint density at radius 3 is 2.64 bits per heavy atom. The van der Waals surface area contributed by atoms with Crippen LogP contribution in [0, 0.1) is 12.7 Å².